The molecule has 0 saturated carbocycles. The number of nitrogens with one attached hydrogen (secondary N) is 1. The van der Waals surface area contributed by atoms with Crippen LogP contribution < -0.4 is 10.2 Å². The minimum atomic E-state index is -1.13. The number of carboxylic acid groups (broad SMARTS) is 1. The highest BCUT2D eigenvalue weighted by molar-refractivity contribution is 7.11. The summed E-state index contributed by atoms with van der Waals surface area (Å²) in [4.78, 5) is 35.0. The second-order valence-corrected chi connectivity index (χ2v) is 6.16. The van der Waals surface area contributed by atoms with Crippen LogP contribution in [0.2, 0.25) is 0 Å². The largest absolute Gasteiger partial charge is 0.477 e. The Bertz CT molecular complexity index is 792. The van der Waals surface area contributed by atoms with Crippen LogP contribution in [-0.2, 0) is 17.8 Å². The smallest absolute Gasteiger partial charge is 0.347 e. The van der Waals surface area contributed by atoms with Crippen molar-refractivity contribution in [2.45, 2.75) is 33.2 Å². The van der Waals surface area contributed by atoms with Gasteiger partial charge in [-0.25, -0.2) is 4.79 Å². The van der Waals surface area contributed by atoms with Gasteiger partial charge < -0.3 is 10.4 Å². The SMILES string of the molecule is CCCc1c(C(=O)O)sc(=O)n1CC(=O)Nc1cccc(C)c1. The van der Waals surface area contributed by atoms with Crippen molar-refractivity contribution in [1.82, 2.24) is 4.57 Å². The number of thiazole rings is 1. The summed E-state index contributed by atoms with van der Waals surface area (Å²) in [5, 5.41) is 11.9. The molecule has 0 radical (unpaired) electrons. The third-order valence-corrected chi connectivity index (χ3v) is 4.29. The lowest BCUT2D eigenvalue weighted by molar-refractivity contribution is -0.116. The van der Waals surface area contributed by atoms with Gasteiger partial charge >= 0.3 is 10.8 Å². The van der Waals surface area contributed by atoms with E-state index in [0.717, 1.165) is 5.56 Å². The third-order valence-electron chi connectivity index (χ3n) is 3.28. The molecular weight excluding hydrogens is 316 g/mol. The molecule has 23 heavy (non-hydrogen) atoms. The maximum atomic E-state index is 12.2. The van der Waals surface area contributed by atoms with Crippen molar-refractivity contribution >= 4 is 28.9 Å². The molecule has 2 aromatic rings. The van der Waals surface area contributed by atoms with Gasteiger partial charge in [-0.3, -0.25) is 14.2 Å². The molecule has 1 aromatic carbocycles. The monoisotopic (exact) mass is 334 g/mol. The van der Waals surface area contributed by atoms with Crippen molar-refractivity contribution in [3.05, 3.63) is 50.1 Å². The van der Waals surface area contributed by atoms with Crippen molar-refractivity contribution < 1.29 is 14.7 Å². The van der Waals surface area contributed by atoms with Crippen LogP contribution in [0.25, 0.3) is 0 Å². The minimum Gasteiger partial charge on any atom is -0.477 e. The number of carbonyl (C=O) groups excluding carboxylic acids is 1. The van der Waals surface area contributed by atoms with Crippen LogP contribution in [0.4, 0.5) is 5.69 Å². The van der Waals surface area contributed by atoms with Gasteiger partial charge in [0.25, 0.3) is 0 Å². The zero-order valence-electron chi connectivity index (χ0n) is 13.0. The summed E-state index contributed by atoms with van der Waals surface area (Å²) in [6, 6.07) is 7.32. The van der Waals surface area contributed by atoms with Crippen LogP contribution >= 0.6 is 11.3 Å². The number of carboxylic acids is 1. The van der Waals surface area contributed by atoms with E-state index in [0.29, 0.717) is 35.6 Å². The Morgan fingerprint density at radius 3 is 2.70 bits per heavy atom. The van der Waals surface area contributed by atoms with Gasteiger partial charge in [0, 0.05) is 11.4 Å². The van der Waals surface area contributed by atoms with E-state index in [2.05, 4.69) is 5.32 Å². The van der Waals surface area contributed by atoms with Crippen molar-refractivity contribution in [1.29, 1.82) is 0 Å². The highest BCUT2D eigenvalue weighted by atomic mass is 32.1. The topological polar surface area (TPSA) is 88.4 Å². The number of aryl methyl sites for hydroxylation is 1. The molecule has 2 N–H and O–H groups in total. The van der Waals surface area contributed by atoms with Crippen molar-refractivity contribution in [2.75, 3.05) is 5.32 Å². The molecule has 0 aliphatic carbocycles. The summed E-state index contributed by atoms with van der Waals surface area (Å²) in [6.45, 7) is 3.62. The Balaban J connectivity index is 2.23. The lowest BCUT2D eigenvalue weighted by atomic mass is 10.2. The normalized spacial score (nSPS) is 10.5. The molecule has 0 atom stereocenters. The standard InChI is InChI=1S/C16H18N2O4S/c1-3-5-12-14(15(20)21)23-16(22)18(12)9-13(19)17-11-7-4-6-10(2)8-11/h4,6-8H,3,5,9H2,1-2H3,(H,17,19)(H,20,21). The molecule has 7 heteroatoms. The predicted octanol–water partition coefficient (Wildman–Crippen LogP) is 2.51. The zero-order valence-corrected chi connectivity index (χ0v) is 13.8. The molecule has 0 aliphatic rings. The molecule has 0 unspecified atom stereocenters. The average Bonchev–Trinajstić information content (AvgIpc) is 2.77. The van der Waals surface area contributed by atoms with Crippen LogP contribution in [0, 0.1) is 6.92 Å². The molecule has 0 fully saturated rings. The number of benzene rings is 1. The summed E-state index contributed by atoms with van der Waals surface area (Å²) in [5.41, 5.74) is 2.07. The zero-order chi connectivity index (χ0) is 17.0. The van der Waals surface area contributed by atoms with E-state index >= 15 is 0 Å². The van der Waals surface area contributed by atoms with Crippen molar-refractivity contribution in [2.24, 2.45) is 0 Å². The number of amides is 1. The van der Waals surface area contributed by atoms with E-state index in [-0.39, 0.29) is 17.3 Å². The van der Waals surface area contributed by atoms with E-state index < -0.39 is 10.8 Å². The number of anilines is 1. The van der Waals surface area contributed by atoms with Gasteiger partial charge in [-0.2, -0.15) is 0 Å². The Morgan fingerprint density at radius 1 is 1.35 bits per heavy atom. The number of carbonyl (C=O) groups is 2. The molecule has 6 nitrogen and oxygen atoms in total. The molecule has 122 valence electrons. The second-order valence-electron chi connectivity index (χ2n) is 5.20. The van der Waals surface area contributed by atoms with Gasteiger partial charge in [0.15, 0.2) is 0 Å². The quantitative estimate of drug-likeness (QED) is 0.849. The number of rotatable bonds is 6. The second kappa shape index (κ2) is 7.23. The molecule has 1 heterocycles. The fourth-order valence-corrected chi connectivity index (χ4v) is 3.19. The summed E-state index contributed by atoms with van der Waals surface area (Å²) in [6.07, 6.45) is 1.13. The van der Waals surface area contributed by atoms with E-state index in [9.17, 15) is 19.5 Å². The fraction of sp³-hybridized carbons (Fsp3) is 0.312. The van der Waals surface area contributed by atoms with Crippen LogP contribution in [-0.4, -0.2) is 21.6 Å². The van der Waals surface area contributed by atoms with Gasteiger partial charge in [0.2, 0.25) is 5.91 Å². The lowest BCUT2D eigenvalue weighted by Gasteiger charge is -2.09. The predicted molar refractivity (Wildman–Crippen MR) is 89.3 cm³/mol. The van der Waals surface area contributed by atoms with Crippen molar-refractivity contribution in [3.8, 4) is 0 Å². The lowest BCUT2D eigenvalue weighted by Crippen LogP contribution is -2.26. The number of aromatic carboxylic acids is 1. The summed E-state index contributed by atoms with van der Waals surface area (Å²) in [5.74, 6) is -1.49. The van der Waals surface area contributed by atoms with E-state index in [1.165, 1.54) is 4.57 Å². The molecule has 0 bridgehead atoms. The summed E-state index contributed by atoms with van der Waals surface area (Å²) < 4.78 is 1.25. The van der Waals surface area contributed by atoms with Gasteiger partial charge in [0.1, 0.15) is 11.4 Å². The van der Waals surface area contributed by atoms with Gasteiger partial charge in [-0.05, 0) is 31.0 Å². The maximum Gasteiger partial charge on any atom is 0.347 e. The van der Waals surface area contributed by atoms with Crippen LogP contribution in [0.3, 0.4) is 0 Å². The fourth-order valence-electron chi connectivity index (χ4n) is 2.31. The van der Waals surface area contributed by atoms with E-state index in [4.69, 9.17) is 0 Å². The number of hydrogen-bond donors (Lipinski definition) is 2. The number of hydrogen-bond acceptors (Lipinski definition) is 4. The van der Waals surface area contributed by atoms with Crippen molar-refractivity contribution in [3.63, 3.8) is 0 Å². The van der Waals surface area contributed by atoms with E-state index in [1.807, 2.05) is 32.0 Å². The average molecular weight is 334 g/mol. The highest BCUT2D eigenvalue weighted by Gasteiger charge is 2.20. The Hall–Kier alpha value is -2.41. The van der Waals surface area contributed by atoms with Crippen LogP contribution in [0.15, 0.2) is 29.1 Å². The van der Waals surface area contributed by atoms with Gasteiger partial charge in [-0.15, -0.1) is 0 Å². The molecule has 2 rings (SSSR count). The van der Waals surface area contributed by atoms with Crippen LogP contribution in [0.1, 0.15) is 34.3 Å². The maximum absolute atomic E-state index is 12.2. The first-order valence-electron chi connectivity index (χ1n) is 7.24. The molecule has 0 spiro atoms. The first kappa shape index (κ1) is 17.0. The van der Waals surface area contributed by atoms with E-state index in [1.54, 1.807) is 6.07 Å². The number of nitrogens with zero attached hydrogens (tertiary/aromatic N) is 1. The summed E-state index contributed by atoms with van der Waals surface area (Å²) >= 11 is 0.668. The Labute approximate surface area is 137 Å². The first-order valence-corrected chi connectivity index (χ1v) is 8.06. The Kier molecular flexibility index (Phi) is 5.33. The molecule has 1 aromatic heterocycles. The number of aromatic nitrogens is 1. The molecular formula is C16H18N2O4S. The first-order chi connectivity index (χ1) is 10.9. The third kappa shape index (κ3) is 4.07. The van der Waals surface area contributed by atoms with Gasteiger partial charge in [-0.1, -0.05) is 36.8 Å². The highest BCUT2D eigenvalue weighted by Crippen LogP contribution is 2.16. The molecule has 0 aliphatic heterocycles. The molecule has 1 amide bonds. The molecule has 0 saturated heterocycles. The Morgan fingerprint density at radius 2 is 2.09 bits per heavy atom. The minimum absolute atomic E-state index is 0.0141. The summed E-state index contributed by atoms with van der Waals surface area (Å²) in [7, 11) is 0. The van der Waals surface area contributed by atoms with Crippen LogP contribution in [0.5, 0.6) is 0 Å². The van der Waals surface area contributed by atoms with Gasteiger partial charge in [0.05, 0.1) is 0 Å².